The number of ketones is 1. The fourth-order valence-electron chi connectivity index (χ4n) is 2.78. The average molecular weight is 405 g/mol. The number of ether oxygens (including phenoxy) is 1. The van der Waals surface area contributed by atoms with E-state index in [9.17, 15) is 32.3 Å². The predicted octanol–water partition coefficient (Wildman–Crippen LogP) is 3.40. The van der Waals surface area contributed by atoms with Crippen molar-refractivity contribution in [3.63, 3.8) is 0 Å². The van der Waals surface area contributed by atoms with Crippen LogP contribution in [0.15, 0.2) is 48.5 Å². The minimum Gasteiger partial charge on any atom is -0.454 e. The molecule has 6 nitrogen and oxygen atoms in total. The Balaban J connectivity index is 1.63. The Hall–Kier alpha value is -3.49. The number of benzene rings is 2. The molecule has 0 atom stereocenters. The summed E-state index contributed by atoms with van der Waals surface area (Å²) in [6.45, 7) is -0.731. The van der Waals surface area contributed by atoms with Crippen LogP contribution in [0.4, 0.5) is 18.9 Å². The summed E-state index contributed by atoms with van der Waals surface area (Å²) in [5, 5.41) is 0. The predicted molar refractivity (Wildman–Crippen MR) is 94.2 cm³/mol. The summed E-state index contributed by atoms with van der Waals surface area (Å²) in [6, 6.07) is 9.26. The van der Waals surface area contributed by atoms with E-state index in [1.54, 1.807) is 0 Å². The van der Waals surface area contributed by atoms with Crippen molar-refractivity contribution in [3.05, 3.63) is 65.2 Å². The van der Waals surface area contributed by atoms with Gasteiger partial charge < -0.3 is 4.74 Å². The summed E-state index contributed by atoms with van der Waals surface area (Å²) in [4.78, 5) is 48.5. The van der Waals surface area contributed by atoms with E-state index in [0.717, 1.165) is 17.0 Å². The highest BCUT2D eigenvalue weighted by Crippen LogP contribution is 2.29. The molecule has 3 rings (SSSR count). The zero-order chi connectivity index (χ0) is 21.2. The van der Waals surface area contributed by atoms with Gasteiger partial charge in [-0.15, -0.1) is 0 Å². The van der Waals surface area contributed by atoms with E-state index in [1.807, 2.05) is 0 Å². The highest BCUT2D eigenvalue weighted by atomic mass is 19.4. The van der Waals surface area contributed by atoms with Gasteiger partial charge in [-0.2, -0.15) is 13.2 Å². The van der Waals surface area contributed by atoms with Crippen LogP contribution in [0.2, 0.25) is 0 Å². The van der Waals surface area contributed by atoms with E-state index in [1.165, 1.54) is 30.3 Å². The lowest BCUT2D eigenvalue weighted by Crippen LogP contribution is -2.28. The van der Waals surface area contributed by atoms with Crippen LogP contribution in [0.1, 0.15) is 39.1 Å². The van der Waals surface area contributed by atoms with Crippen LogP contribution in [0.3, 0.4) is 0 Å². The highest BCUT2D eigenvalue weighted by Gasteiger charge is 2.31. The number of carbonyl (C=O) groups excluding carboxylic acids is 4. The molecule has 0 unspecified atom stereocenters. The largest absolute Gasteiger partial charge is 0.454 e. The number of amides is 2. The van der Waals surface area contributed by atoms with E-state index in [2.05, 4.69) is 0 Å². The van der Waals surface area contributed by atoms with Gasteiger partial charge in [0.1, 0.15) is 0 Å². The Bertz CT molecular complexity index is 966. The van der Waals surface area contributed by atoms with Gasteiger partial charge in [-0.05, 0) is 36.4 Å². The third kappa shape index (κ3) is 4.50. The Labute approximate surface area is 162 Å². The first-order valence-electron chi connectivity index (χ1n) is 8.50. The number of rotatable bonds is 5. The normalized spacial score (nSPS) is 14.2. The number of imide groups is 1. The lowest BCUT2D eigenvalue weighted by Gasteiger charge is -2.14. The summed E-state index contributed by atoms with van der Waals surface area (Å²) in [7, 11) is 0. The lowest BCUT2D eigenvalue weighted by atomic mass is 10.1. The maximum atomic E-state index is 12.7. The van der Waals surface area contributed by atoms with Gasteiger partial charge in [0, 0.05) is 18.4 Å². The standard InChI is InChI=1S/C20H14F3NO5/c21-20(22,23)14-3-1-2-13(10-14)16(25)11-29-19(28)12-4-6-15(7-5-12)24-17(26)8-9-18(24)27/h1-7,10H,8-9,11H2. The molecule has 0 spiro atoms. The second-order valence-corrected chi connectivity index (χ2v) is 6.25. The van der Waals surface area contributed by atoms with Gasteiger partial charge in [0.05, 0.1) is 16.8 Å². The smallest absolute Gasteiger partial charge is 0.416 e. The van der Waals surface area contributed by atoms with Crippen molar-refractivity contribution >= 4 is 29.3 Å². The van der Waals surface area contributed by atoms with E-state index < -0.39 is 30.1 Å². The SMILES string of the molecule is O=C(COC(=O)c1ccc(N2C(=O)CCC2=O)cc1)c1cccc(C(F)(F)F)c1. The van der Waals surface area contributed by atoms with Gasteiger partial charge in [0.25, 0.3) is 0 Å². The number of esters is 1. The summed E-state index contributed by atoms with van der Waals surface area (Å²) in [5.74, 6) is -2.32. The van der Waals surface area contributed by atoms with Gasteiger partial charge in [-0.25, -0.2) is 4.79 Å². The fraction of sp³-hybridized carbons (Fsp3) is 0.200. The van der Waals surface area contributed by atoms with Crippen molar-refractivity contribution < 1.29 is 37.1 Å². The number of alkyl halides is 3. The molecule has 1 saturated heterocycles. The van der Waals surface area contributed by atoms with E-state index in [4.69, 9.17) is 4.74 Å². The lowest BCUT2D eigenvalue weighted by molar-refractivity contribution is -0.137. The van der Waals surface area contributed by atoms with Crippen LogP contribution < -0.4 is 4.90 Å². The third-order valence-electron chi connectivity index (χ3n) is 4.26. The number of Topliss-reactive ketones (excluding diaryl/α,β-unsaturated/α-hetero) is 1. The van der Waals surface area contributed by atoms with Crippen molar-refractivity contribution in [2.75, 3.05) is 11.5 Å². The Kier molecular flexibility index (Phi) is 5.49. The zero-order valence-corrected chi connectivity index (χ0v) is 14.9. The molecule has 0 aliphatic carbocycles. The molecule has 0 N–H and O–H groups in total. The van der Waals surface area contributed by atoms with Crippen molar-refractivity contribution in [2.45, 2.75) is 19.0 Å². The second-order valence-electron chi connectivity index (χ2n) is 6.25. The number of anilines is 1. The van der Waals surface area contributed by atoms with Gasteiger partial charge in [0.15, 0.2) is 12.4 Å². The molecule has 0 aromatic heterocycles. The molecule has 0 radical (unpaired) electrons. The van der Waals surface area contributed by atoms with Crippen molar-refractivity contribution in [2.24, 2.45) is 0 Å². The molecule has 29 heavy (non-hydrogen) atoms. The van der Waals surface area contributed by atoms with Crippen LogP contribution in [-0.2, 0) is 20.5 Å². The first-order chi connectivity index (χ1) is 13.7. The van der Waals surface area contributed by atoms with Crippen LogP contribution in [-0.4, -0.2) is 30.2 Å². The molecule has 0 saturated carbocycles. The minimum atomic E-state index is -4.59. The molecule has 1 heterocycles. The van der Waals surface area contributed by atoms with Gasteiger partial charge in [0.2, 0.25) is 11.8 Å². The molecule has 2 aromatic rings. The molecule has 1 aliphatic heterocycles. The molecule has 2 aromatic carbocycles. The van der Waals surface area contributed by atoms with Crippen molar-refractivity contribution in [1.82, 2.24) is 0 Å². The number of nitrogens with zero attached hydrogens (tertiary/aromatic N) is 1. The van der Waals surface area contributed by atoms with Crippen LogP contribution in [0, 0.1) is 0 Å². The van der Waals surface area contributed by atoms with Crippen LogP contribution in [0.5, 0.6) is 0 Å². The molecule has 0 bridgehead atoms. The van der Waals surface area contributed by atoms with Crippen LogP contribution in [0.25, 0.3) is 0 Å². The van der Waals surface area contributed by atoms with Gasteiger partial charge in [-0.1, -0.05) is 12.1 Å². The number of hydrogen-bond acceptors (Lipinski definition) is 5. The quantitative estimate of drug-likeness (QED) is 0.433. The molecule has 2 amide bonds. The Morgan fingerprint density at radius 1 is 0.931 bits per heavy atom. The first-order valence-corrected chi connectivity index (χ1v) is 8.50. The number of carbonyl (C=O) groups is 4. The highest BCUT2D eigenvalue weighted by molar-refractivity contribution is 6.19. The molecular formula is C20H14F3NO5. The maximum absolute atomic E-state index is 12.7. The van der Waals surface area contributed by atoms with Gasteiger partial charge in [-0.3, -0.25) is 19.3 Å². The van der Waals surface area contributed by atoms with Crippen molar-refractivity contribution in [3.8, 4) is 0 Å². The summed E-state index contributed by atoms with van der Waals surface area (Å²) in [5.41, 5.74) is -0.830. The first kappa shape index (κ1) is 20.2. The Morgan fingerprint density at radius 3 is 2.14 bits per heavy atom. The average Bonchev–Trinajstić information content (AvgIpc) is 3.03. The molecular weight excluding hydrogens is 391 g/mol. The summed E-state index contributed by atoms with van der Waals surface area (Å²) < 4.78 is 43.0. The molecule has 1 aliphatic rings. The maximum Gasteiger partial charge on any atom is 0.416 e. The van der Waals surface area contributed by atoms with E-state index >= 15 is 0 Å². The van der Waals surface area contributed by atoms with Crippen LogP contribution >= 0.6 is 0 Å². The monoisotopic (exact) mass is 405 g/mol. The number of hydrogen-bond donors (Lipinski definition) is 0. The number of halogens is 3. The van der Waals surface area contributed by atoms with E-state index in [-0.39, 0.29) is 35.8 Å². The second kappa shape index (κ2) is 7.86. The summed E-state index contributed by atoms with van der Waals surface area (Å²) in [6.07, 6.45) is -4.34. The van der Waals surface area contributed by atoms with E-state index in [0.29, 0.717) is 11.8 Å². The third-order valence-corrected chi connectivity index (χ3v) is 4.26. The van der Waals surface area contributed by atoms with Crippen molar-refractivity contribution in [1.29, 1.82) is 0 Å². The Morgan fingerprint density at radius 2 is 1.55 bits per heavy atom. The summed E-state index contributed by atoms with van der Waals surface area (Å²) >= 11 is 0. The molecule has 9 heteroatoms. The molecule has 1 fully saturated rings. The zero-order valence-electron chi connectivity index (χ0n) is 14.9. The molecule has 150 valence electrons. The fourth-order valence-corrected chi connectivity index (χ4v) is 2.78. The van der Waals surface area contributed by atoms with Gasteiger partial charge >= 0.3 is 12.1 Å². The topological polar surface area (TPSA) is 80.8 Å². The minimum absolute atomic E-state index is 0.0599.